The molecular weight excluding hydrogens is 445 g/mol. The summed E-state index contributed by atoms with van der Waals surface area (Å²) in [6.07, 6.45) is 0. The minimum atomic E-state index is -3.89. The maximum absolute atomic E-state index is 13.5. The highest BCUT2D eigenvalue weighted by molar-refractivity contribution is 7.92. The van der Waals surface area contributed by atoms with E-state index in [1.165, 1.54) is 36.4 Å². The summed E-state index contributed by atoms with van der Waals surface area (Å²) in [5.41, 5.74) is 1.72. The zero-order valence-electron chi connectivity index (χ0n) is 17.8. The Morgan fingerprint density at radius 2 is 1.67 bits per heavy atom. The van der Waals surface area contributed by atoms with Crippen molar-refractivity contribution in [1.82, 2.24) is 4.90 Å². The van der Waals surface area contributed by atoms with Crippen LogP contribution in [0, 0.1) is 5.82 Å². The Balaban J connectivity index is 1.53. The molecule has 1 saturated heterocycles. The highest BCUT2D eigenvalue weighted by Crippen LogP contribution is 2.30. The van der Waals surface area contributed by atoms with Crippen LogP contribution in [0.5, 0.6) is 0 Å². The number of sulfonamides is 1. The van der Waals surface area contributed by atoms with Crippen LogP contribution in [0.1, 0.15) is 15.9 Å². The molecule has 0 unspecified atom stereocenters. The number of aromatic carboxylic acids is 1. The average Bonchev–Trinajstić information content (AvgIpc) is 2.80. The van der Waals surface area contributed by atoms with Gasteiger partial charge in [0.15, 0.2) is 0 Å². The second kappa shape index (κ2) is 9.60. The van der Waals surface area contributed by atoms with Crippen molar-refractivity contribution in [2.24, 2.45) is 0 Å². The number of carboxylic acids is 1. The molecule has 4 rings (SSSR count). The second-order valence-electron chi connectivity index (χ2n) is 7.85. The average molecular weight is 470 g/mol. The van der Waals surface area contributed by atoms with Gasteiger partial charge in [-0.25, -0.2) is 17.6 Å². The molecule has 0 aliphatic carbocycles. The van der Waals surface area contributed by atoms with Crippen LogP contribution in [0.2, 0.25) is 0 Å². The van der Waals surface area contributed by atoms with Gasteiger partial charge >= 0.3 is 5.97 Å². The molecule has 33 heavy (non-hydrogen) atoms. The molecule has 0 spiro atoms. The molecule has 0 bridgehead atoms. The molecule has 172 valence electrons. The third-order valence-corrected chi connectivity index (χ3v) is 6.93. The number of carboxylic acid groups (broad SMARTS) is 1. The van der Waals surface area contributed by atoms with Crippen molar-refractivity contribution in [2.45, 2.75) is 11.4 Å². The maximum atomic E-state index is 13.5. The number of benzene rings is 3. The lowest BCUT2D eigenvalue weighted by molar-refractivity contribution is 0.0697. The first-order valence-electron chi connectivity index (χ1n) is 10.5. The fourth-order valence-electron chi connectivity index (χ4n) is 3.87. The Kier molecular flexibility index (Phi) is 6.62. The zero-order chi connectivity index (χ0) is 23.4. The predicted molar refractivity (Wildman–Crippen MR) is 125 cm³/mol. The van der Waals surface area contributed by atoms with Crippen LogP contribution in [-0.4, -0.2) is 50.6 Å². The standard InChI is InChI=1S/C24H24FN3O4S/c25-20-6-4-5-18(15-20)17-27-11-13-28(14-12-27)23-10-9-19(24(29)30)16-22(23)26-33(31,32)21-7-2-1-3-8-21/h1-10,15-16,26H,11-14,17H2,(H,29,30). The number of hydrogen-bond acceptors (Lipinski definition) is 5. The van der Waals surface area contributed by atoms with E-state index in [0.717, 1.165) is 5.56 Å². The van der Waals surface area contributed by atoms with Crippen LogP contribution in [0.15, 0.2) is 77.7 Å². The van der Waals surface area contributed by atoms with Crippen LogP contribution in [0.3, 0.4) is 0 Å². The molecule has 0 saturated carbocycles. The summed E-state index contributed by atoms with van der Waals surface area (Å²) in [5, 5.41) is 9.40. The Morgan fingerprint density at radius 1 is 0.939 bits per heavy atom. The fraction of sp³-hybridized carbons (Fsp3) is 0.208. The van der Waals surface area contributed by atoms with Gasteiger partial charge in [0.2, 0.25) is 0 Å². The van der Waals surface area contributed by atoms with Gasteiger partial charge in [-0.05, 0) is 48.0 Å². The van der Waals surface area contributed by atoms with E-state index in [-0.39, 0.29) is 22.0 Å². The first-order valence-corrected chi connectivity index (χ1v) is 12.0. The van der Waals surface area contributed by atoms with Crippen molar-refractivity contribution >= 4 is 27.4 Å². The van der Waals surface area contributed by atoms with Crippen molar-refractivity contribution in [3.63, 3.8) is 0 Å². The minimum Gasteiger partial charge on any atom is -0.478 e. The molecule has 0 amide bonds. The number of nitrogens with zero attached hydrogens (tertiary/aromatic N) is 2. The van der Waals surface area contributed by atoms with Gasteiger partial charge < -0.3 is 10.0 Å². The summed E-state index contributed by atoms with van der Waals surface area (Å²) in [4.78, 5) is 15.8. The highest BCUT2D eigenvalue weighted by atomic mass is 32.2. The van der Waals surface area contributed by atoms with Gasteiger partial charge in [-0.2, -0.15) is 0 Å². The summed E-state index contributed by atoms with van der Waals surface area (Å²) in [6, 6.07) is 18.9. The number of nitrogens with one attached hydrogen (secondary N) is 1. The maximum Gasteiger partial charge on any atom is 0.335 e. The van der Waals surface area contributed by atoms with E-state index < -0.39 is 16.0 Å². The van der Waals surface area contributed by atoms with Crippen LogP contribution in [-0.2, 0) is 16.6 Å². The summed E-state index contributed by atoms with van der Waals surface area (Å²) < 4.78 is 41.8. The minimum absolute atomic E-state index is 0.00532. The quantitative estimate of drug-likeness (QED) is 0.549. The van der Waals surface area contributed by atoms with Gasteiger partial charge in [-0.15, -0.1) is 0 Å². The number of piperazine rings is 1. The number of hydrogen-bond donors (Lipinski definition) is 2. The van der Waals surface area contributed by atoms with Crippen molar-refractivity contribution in [2.75, 3.05) is 35.8 Å². The molecule has 1 fully saturated rings. The van der Waals surface area contributed by atoms with Crippen molar-refractivity contribution in [1.29, 1.82) is 0 Å². The largest absolute Gasteiger partial charge is 0.478 e. The molecule has 1 heterocycles. The lowest BCUT2D eigenvalue weighted by atomic mass is 10.1. The van der Waals surface area contributed by atoms with Gasteiger partial charge in [-0.3, -0.25) is 9.62 Å². The zero-order valence-corrected chi connectivity index (χ0v) is 18.6. The summed E-state index contributed by atoms with van der Waals surface area (Å²) in [5.74, 6) is -1.40. The lowest BCUT2D eigenvalue weighted by Gasteiger charge is -2.37. The fourth-order valence-corrected chi connectivity index (χ4v) is 4.96. The van der Waals surface area contributed by atoms with Crippen LogP contribution in [0.25, 0.3) is 0 Å². The molecule has 3 aromatic rings. The molecule has 0 atom stereocenters. The second-order valence-corrected chi connectivity index (χ2v) is 9.53. The van der Waals surface area contributed by atoms with Crippen molar-refractivity contribution in [3.05, 3.63) is 89.7 Å². The van der Waals surface area contributed by atoms with Gasteiger partial charge in [0, 0.05) is 32.7 Å². The van der Waals surface area contributed by atoms with Gasteiger partial charge in [-0.1, -0.05) is 30.3 Å². The molecule has 2 N–H and O–H groups in total. The molecule has 0 aromatic heterocycles. The van der Waals surface area contributed by atoms with E-state index >= 15 is 0 Å². The monoisotopic (exact) mass is 469 g/mol. The van der Waals surface area contributed by atoms with E-state index in [9.17, 15) is 22.7 Å². The molecule has 3 aromatic carbocycles. The molecule has 7 nitrogen and oxygen atoms in total. The Morgan fingerprint density at radius 3 is 2.33 bits per heavy atom. The molecule has 9 heteroatoms. The topological polar surface area (TPSA) is 89.9 Å². The number of rotatable bonds is 7. The lowest BCUT2D eigenvalue weighted by Crippen LogP contribution is -2.46. The summed E-state index contributed by atoms with van der Waals surface area (Å²) >= 11 is 0. The summed E-state index contributed by atoms with van der Waals surface area (Å²) in [7, 11) is -3.89. The van der Waals surface area contributed by atoms with E-state index in [0.29, 0.717) is 38.4 Å². The van der Waals surface area contributed by atoms with Gasteiger partial charge in [0.05, 0.1) is 21.8 Å². The number of halogens is 1. The molecule has 0 radical (unpaired) electrons. The highest BCUT2D eigenvalue weighted by Gasteiger charge is 2.23. The van der Waals surface area contributed by atoms with E-state index in [2.05, 4.69) is 9.62 Å². The summed E-state index contributed by atoms with van der Waals surface area (Å²) in [6.45, 7) is 3.24. The van der Waals surface area contributed by atoms with Crippen LogP contribution < -0.4 is 9.62 Å². The third kappa shape index (κ3) is 5.50. The normalized spacial score (nSPS) is 14.8. The number of anilines is 2. The van der Waals surface area contributed by atoms with Gasteiger partial charge in [0.1, 0.15) is 5.82 Å². The first kappa shape index (κ1) is 22.8. The first-order chi connectivity index (χ1) is 15.8. The SMILES string of the molecule is O=C(O)c1ccc(N2CCN(Cc3cccc(F)c3)CC2)c(NS(=O)(=O)c2ccccc2)c1. The Hall–Kier alpha value is -3.43. The van der Waals surface area contributed by atoms with E-state index in [1.54, 1.807) is 30.3 Å². The van der Waals surface area contributed by atoms with E-state index in [1.807, 2.05) is 11.0 Å². The molecule has 1 aliphatic heterocycles. The number of carbonyl (C=O) groups is 1. The van der Waals surface area contributed by atoms with Crippen LogP contribution in [0.4, 0.5) is 15.8 Å². The Bertz CT molecular complexity index is 1240. The van der Waals surface area contributed by atoms with E-state index in [4.69, 9.17) is 0 Å². The van der Waals surface area contributed by atoms with Crippen molar-refractivity contribution in [3.8, 4) is 0 Å². The van der Waals surface area contributed by atoms with Crippen molar-refractivity contribution < 1.29 is 22.7 Å². The third-order valence-electron chi connectivity index (χ3n) is 5.55. The molecular formula is C24H24FN3O4S. The van der Waals surface area contributed by atoms with Crippen LogP contribution >= 0.6 is 0 Å². The predicted octanol–water partition coefficient (Wildman–Crippen LogP) is 3.65. The Labute approximate surface area is 192 Å². The van der Waals surface area contributed by atoms with Gasteiger partial charge in [0.25, 0.3) is 10.0 Å². The smallest absolute Gasteiger partial charge is 0.335 e. The molecule has 1 aliphatic rings.